The molecule has 2 fully saturated rings. The topological polar surface area (TPSA) is 86.0 Å². The minimum atomic E-state index is -4.46. The molecular weight excluding hydrogens is 437 g/mol. The maximum absolute atomic E-state index is 13.7. The van der Waals surface area contributed by atoms with E-state index in [2.05, 4.69) is 20.2 Å². The molecule has 5 rings (SSSR count). The van der Waals surface area contributed by atoms with Crippen molar-refractivity contribution >= 4 is 5.91 Å². The van der Waals surface area contributed by atoms with E-state index < -0.39 is 11.7 Å². The van der Waals surface area contributed by atoms with E-state index in [0.717, 1.165) is 24.2 Å². The average molecular weight is 458 g/mol. The molecule has 172 valence electrons. The predicted octanol–water partition coefficient (Wildman–Crippen LogP) is 3.46. The fourth-order valence-electron chi connectivity index (χ4n) is 4.81. The molecule has 1 aliphatic carbocycles. The van der Waals surface area contributed by atoms with Gasteiger partial charge in [0, 0.05) is 24.5 Å². The molecule has 1 aliphatic heterocycles. The highest BCUT2D eigenvalue weighted by atomic mass is 19.4. The number of fused-ring (bicyclic) bond motifs is 2. The summed E-state index contributed by atoms with van der Waals surface area (Å²) in [6.07, 6.45) is 2.08. The van der Waals surface area contributed by atoms with Crippen molar-refractivity contribution in [2.24, 2.45) is 5.92 Å². The monoisotopic (exact) mass is 458 g/mol. The standard InChI is InChI=1S/C22H21F3N6O2/c1-12-7-16(20(27-10-12)31-28-5-6-29-31)21(32)30-13(2)14-8-17(30)18(9-14)33-19-4-3-15(11-26-19)22(23,24)25/h3-7,10-11,13-14,17-18H,8-9H2,1-2H3/t13-,14-,17+,18-/m1/s1. The second-order valence-electron chi connectivity index (χ2n) is 8.49. The Morgan fingerprint density at radius 3 is 2.52 bits per heavy atom. The Hall–Kier alpha value is -3.50. The third-order valence-electron chi connectivity index (χ3n) is 6.40. The summed E-state index contributed by atoms with van der Waals surface area (Å²) in [4.78, 5) is 25.0. The third kappa shape index (κ3) is 3.81. The Labute approximate surface area is 187 Å². The van der Waals surface area contributed by atoms with Crippen LogP contribution in [0.15, 0.2) is 43.0 Å². The van der Waals surface area contributed by atoms with Crippen molar-refractivity contribution in [2.45, 2.75) is 51.1 Å². The fraction of sp³-hybridized carbons (Fsp3) is 0.409. The van der Waals surface area contributed by atoms with Gasteiger partial charge < -0.3 is 9.64 Å². The van der Waals surface area contributed by atoms with Crippen molar-refractivity contribution in [2.75, 3.05) is 0 Å². The smallest absolute Gasteiger partial charge is 0.417 e. The summed E-state index contributed by atoms with van der Waals surface area (Å²) in [6.45, 7) is 3.86. The lowest BCUT2D eigenvalue weighted by Crippen LogP contribution is -2.51. The Kier molecular flexibility index (Phi) is 5.06. The lowest BCUT2D eigenvalue weighted by molar-refractivity contribution is -0.137. The van der Waals surface area contributed by atoms with Gasteiger partial charge in [-0.3, -0.25) is 4.79 Å². The van der Waals surface area contributed by atoms with Gasteiger partial charge in [0.25, 0.3) is 5.91 Å². The number of carbonyl (C=O) groups is 1. The number of pyridine rings is 2. The first-order valence-corrected chi connectivity index (χ1v) is 10.6. The second-order valence-corrected chi connectivity index (χ2v) is 8.49. The lowest BCUT2D eigenvalue weighted by Gasteiger charge is -2.37. The van der Waals surface area contributed by atoms with Gasteiger partial charge in [-0.25, -0.2) is 9.97 Å². The number of rotatable bonds is 4. The molecule has 0 radical (unpaired) electrons. The summed E-state index contributed by atoms with van der Waals surface area (Å²) in [5, 5.41) is 8.21. The van der Waals surface area contributed by atoms with Gasteiger partial charge in [0.1, 0.15) is 6.10 Å². The van der Waals surface area contributed by atoms with Crippen LogP contribution in [0.5, 0.6) is 5.88 Å². The third-order valence-corrected chi connectivity index (χ3v) is 6.40. The van der Waals surface area contributed by atoms with Gasteiger partial charge in [-0.2, -0.15) is 23.4 Å². The van der Waals surface area contributed by atoms with Crippen LogP contribution in [0.4, 0.5) is 13.2 Å². The van der Waals surface area contributed by atoms with Crippen molar-refractivity contribution in [3.05, 3.63) is 59.7 Å². The molecule has 11 heteroatoms. The van der Waals surface area contributed by atoms with Crippen LogP contribution in [0.25, 0.3) is 5.82 Å². The van der Waals surface area contributed by atoms with E-state index in [1.54, 1.807) is 17.2 Å². The van der Waals surface area contributed by atoms with Gasteiger partial charge in [0.05, 0.1) is 29.6 Å². The van der Waals surface area contributed by atoms with Crippen molar-refractivity contribution in [3.63, 3.8) is 0 Å². The van der Waals surface area contributed by atoms with Gasteiger partial charge in [-0.05, 0) is 50.3 Å². The van der Waals surface area contributed by atoms with Crippen molar-refractivity contribution in [3.8, 4) is 11.7 Å². The molecule has 4 heterocycles. The number of hydrogen-bond acceptors (Lipinski definition) is 6. The first kappa shape index (κ1) is 21.4. The quantitative estimate of drug-likeness (QED) is 0.595. The highest BCUT2D eigenvalue weighted by molar-refractivity contribution is 5.98. The van der Waals surface area contributed by atoms with Gasteiger partial charge in [0.15, 0.2) is 5.82 Å². The molecular formula is C22H21F3N6O2. The number of aryl methyl sites for hydroxylation is 1. The van der Waals surface area contributed by atoms with Crippen molar-refractivity contribution in [1.29, 1.82) is 0 Å². The van der Waals surface area contributed by atoms with Gasteiger partial charge in [-0.1, -0.05) is 0 Å². The molecule has 3 aromatic heterocycles. The minimum Gasteiger partial charge on any atom is -0.472 e. The number of halogens is 3. The Bertz CT molecular complexity index is 1170. The number of alkyl halides is 3. The summed E-state index contributed by atoms with van der Waals surface area (Å²) in [5.74, 6) is 0.473. The van der Waals surface area contributed by atoms with Crippen LogP contribution in [-0.4, -0.2) is 54.0 Å². The molecule has 2 aliphatic rings. The van der Waals surface area contributed by atoms with Crippen molar-refractivity contribution < 1.29 is 22.7 Å². The first-order chi connectivity index (χ1) is 15.7. The molecule has 33 heavy (non-hydrogen) atoms. The van der Waals surface area contributed by atoms with Crippen LogP contribution >= 0.6 is 0 Å². The summed E-state index contributed by atoms with van der Waals surface area (Å²) in [6, 6.07) is 3.70. The second kappa shape index (κ2) is 7.82. The van der Waals surface area contributed by atoms with Crippen molar-refractivity contribution in [1.82, 2.24) is 29.9 Å². The van der Waals surface area contributed by atoms with Crippen LogP contribution < -0.4 is 4.74 Å². The van der Waals surface area contributed by atoms with Gasteiger partial charge in [0.2, 0.25) is 5.88 Å². The Morgan fingerprint density at radius 1 is 1.12 bits per heavy atom. The zero-order valence-corrected chi connectivity index (χ0v) is 17.9. The number of likely N-dealkylation sites (tertiary alicyclic amines) is 1. The largest absolute Gasteiger partial charge is 0.472 e. The number of nitrogens with zero attached hydrogens (tertiary/aromatic N) is 6. The molecule has 8 nitrogen and oxygen atoms in total. The van der Waals surface area contributed by atoms with Gasteiger partial charge >= 0.3 is 6.18 Å². The fourth-order valence-corrected chi connectivity index (χ4v) is 4.81. The van der Waals surface area contributed by atoms with Crippen LogP contribution in [0, 0.1) is 12.8 Å². The molecule has 0 unspecified atom stereocenters. The molecule has 0 N–H and O–H groups in total. The number of aromatic nitrogens is 5. The molecule has 0 spiro atoms. The summed E-state index contributed by atoms with van der Waals surface area (Å²) < 4.78 is 44.4. The molecule has 3 aromatic rings. The number of carbonyl (C=O) groups excluding carboxylic acids is 1. The highest BCUT2D eigenvalue weighted by Gasteiger charge is 2.53. The molecule has 1 amide bonds. The van der Waals surface area contributed by atoms with Crippen LogP contribution in [0.1, 0.15) is 41.3 Å². The molecule has 1 saturated heterocycles. The summed E-state index contributed by atoms with van der Waals surface area (Å²) in [5.41, 5.74) is 0.380. The summed E-state index contributed by atoms with van der Waals surface area (Å²) in [7, 11) is 0. The van der Waals surface area contributed by atoms with Crippen LogP contribution in [0.3, 0.4) is 0 Å². The number of amides is 1. The molecule has 4 atom stereocenters. The first-order valence-electron chi connectivity index (χ1n) is 10.6. The molecule has 2 bridgehead atoms. The summed E-state index contributed by atoms with van der Waals surface area (Å²) >= 11 is 0. The zero-order valence-electron chi connectivity index (χ0n) is 17.9. The van der Waals surface area contributed by atoms with Crippen LogP contribution in [0.2, 0.25) is 0 Å². The van der Waals surface area contributed by atoms with E-state index in [0.29, 0.717) is 17.8 Å². The lowest BCUT2D eigenvalue weighted by atomic mass is 9.98. The molecule has 0 aromatic carbocycles. The maximum atomic E-state index is 13.7. The van der Waals surface area contributed by atoms with E-state index in [1.165, 1.54) is 23.3 Å². The number of ether oxygens (including phenoxy) is 1. The highest BCUT2D eigenvalue weighted by Crippen LogP contribution is 2.44. The van der Waals surface area contributed by atoms with E-state index in [1.807, 2.05) is 13.8 Å². The normalized spacial score (nSPS) is 24.3. The average Bonchev–Trinajstić information content (AvgIpc) is 3.50. The molecule has 1 saturated carbocycles. The van der Waals surface area contributed by atoms with E-state index in [4.69, 9.17) is 4.74 Å². The SMILES string of the molecule is Cc1cnc(-n2nccn2)c(C(=O)N2[C@H](C)[C@H]3C[C@@H](Oc4ccc(C(F)(F)F)cn4)[C@@H]2C3)c1. The van der Waals surface area contributed by atoms with Crippen LogP contribution in [-0.2, 0) is 6.18 Å². The zero-order chi connectivity index (χ0) is 23.3. The van der Waals surface area contributed by atoms with E-state index in [-0.39, 0.29) is 35.9 Å². The van der Waals surface area contributed by atoms with E-state index in [9.17, 15) is 18.0 Å². The Balaban J connectivity index is 1.40. The Morgan fingerprint density at radius 2 is 1.88 bits per heavy atom. The van der Waals surface area contributed by atoms with E-state index >= 15 is 0 Å². The maximum Gasteiger partial charge on any atom is 0.417 e. The van der Waals surface area contributed by atoms with Gasteiger partial charge in [-0.15, -0.1) is 4.80 Å². The number of hydrogen-bond donors (Lipinski definition) is 0. The predicted molar refractivity (Wildman–Crippen MR) is 110 cm³/mol. The number of piperidine rings is 1. The minimum absolute atomic E-state index is 0.0122.